The highest BCUT2D eigenvalue weighted by molar-refractivity contribution is 5.31. The highest BCUT2D eigenvalue weighted by Crippen LogP contribution is 2.46. The molecule has 0 aliphatic heterocycles. The zero-order valence-corrected chi connectivity index (χ0v) is 9.25. The number of nitrogens with two attached hydrogens (primary N) is 1. The second kappa shape index (κ2) is 3.01. The molecule has 1 aromatic rings. The number of nitrogen functional groups attached to an aromatic ring is 1. The Kier molecular flexibility index (Phi) is 2.05. The molecular weight excluding hydrogens is 174 g/mol. The molecule has 1 saturated carbocycles. The first-order valence-corrected chi connectivity index (χ1v) is 5.32. The number of nitrogens with zero attached hydrogens (tertiary/aromatic N) is 2. The van der Waals surface area contributed by atoms with E-state index < -0.39 is 0 Å². The third kappa shape index (κ3) is 1.41. The predicted molar refractivity (Wildman–Crippen MR) is 58.0 cm³/mol. The van der Waals surface area contributed by atoms with Crippen LogP contribution in [0.15, 0.2) is 6.07 Å². The summed E-state index contributed by atoms with van der Waals surface area (Å²) in [7, 11) is 0. The van der Waals surface area contributed by atoms with Crippen molar-refractivity contribution in [3.8, 4) is 0 Å². The molecule has 1 aliphatic carbocycles. The monoisotopic (exact) mass is 193 g/mol. The Bertz CT molecular complexity index is 338. The van der Waals surface area contributed by atoms with Crippen LogP contribution in [-0.4, -0.2) is 9.78 Å². The smallest absolute Gasteiger partial charge is 0.122 e. The lowest BCUT2D eigenvalue weighted by molar-refractivity contribution is 0.246. The van der Waals surface area contributed by atoms with Gasteiger partial charge in [-0.2, -0.15) is 5.10 Å². The van der Waals surface area contributed by atoms with E-state index in [2.05, 4.69) is 18.9 Å². The van der Waals surface area contributed by atoms with Gasteiger partial charge in [-0.1, -0.05) is 20.3 Å². The van der Waals surface area contributed by atoms with Gasteiger partial charge in [0.05, 0.1) is 11.7 Å². The Morgan fingerprint density at radius 1 is 1.57 bits per heavy atom. The minimum absolute atomic E-state index is 0.340. The Labute approximate surface area is 85.3 Å². The van der Waals surface area contributed by atoms with Gasteiger partial charge in [-0.15, -0.1) is 0 Å². The normalized spacial score (nSPS) is 25.5. The molecule has 1 aliphatic rings. The molecule has 1 aromatic heterocycles. The van der Waals surface area contributed by atoms with E-state index in [1.807, 2.05) is 17.7 Å². The third-order valence-corrected chi connectivity index (χ3v) is 3.38. The van der Waals surface area contributed by atoms with Crippen molar-refractivity contribution in [2.45, 2.75) is 46.1 Å². The summed E-state index contributed by atoms with van der Waals surface area (Å²) in [6.07, 6.45) is 3.77. The SMILES string of the molecule is Cc1cc(N)n(C2CCCC2(C)C)n1. The van der Waals surface area contributed by atoms with Gasteiger partial charge in [-0.25, -0.2) is 4.68 Å². The summed E-state index contributed by atoms with van der Waals surface area (Å²) in [4.78, 5) is 0. The van der Waals surface area contributed by atoms with Crippen LogP contribution >= 0.6 is 0 Å². The molecule has 0 amide bonds. The van der Waals surface area contributed by atoms with Crippen LogP contribution in [0, 0.1) is 12.3 Å². The van der Waals surface area contributed by atoms with Crippen molar-refractivity contribution in [2.75, 3.05) is 5.73 Å². The van der Waals surface area contributed by atoms with Gasteiger partial charge in [-0.05, 0) is 25.2 Å². The van der Waals surface area contributed by atoms with Crippen LogP contribution in [0.25, 0.3) is 0 Å². The van der Waals surface area contributed by atoms with Crippen LogP contribution in [0.3, 0.4) is 0 Å². The van der Waals surface area contributed by atoms with Crippen molar-refractivity contribution in [2.24, 2.45) is 5.41 Å². The largest absolute Gasteiger partial charge is 0.384 e. The minimum atomic E-state index is 0.340. The maximum atomic E-state index is 5.94. The van der Waals surface area contributed by atoms with Crippen molar-refractivity contribution >= 4 is 5.82 Å². The molecule has 0 bridgehead atoms. The first-order chi connectivity index (χ1) is 6.50. The first-order valence-electron chi connectivity index (χ1n) is 5.32. The maximum Gasteiger partial charge on any atom is 0.122 e. The lowest BCUT2D eigenvalue weighted by atomic mass is 9.87. The fourth-order valence-electron chi connectivity index (χ4n) is 2.55. The number of aryl methyl sites for hydroxylation is 1. The highest BCUT2D eigenvalue weighted by Gasteiger charge is 2.37. The van der Waals surface area contributed by atoms with Gasteiger partial charge in [0.2, 0.25) is 0 Å². The summed E-state index contributed by atoms with van der Waals surface area (Å²) in [6.45, 7) is 6.61. The van der Waals surface area contributed by atoms with E-state index in [0.717, 1.165) is 11.5 Å². The van der Waals surface area contributed by atoms with Gasteiger partial charge in [-0.3, -0.25) is 0 Å². The zero-order valence-electron chi connectivity index (χ0n) is 9.25. The fraction of sp³-hybridized carbons (Fsp3) is 0.727. The van der Waals surface area contributed by atoms with Gasteiger partial charge in [0.15, 0.2) is 0 Å². The van der Waals surface area contributed by atoms with Crippen LogP contribution in [-0.2, 0) is 0 Å². The summed E-state index contributed by atoms with van der Waals surface area (Å²) in [5, 5.41) is 4.48. The average molecular weight is 193 g/mol. The number of rotatable bonds is 1. The topological polar surface area (TPSA) is 43.8 Å². The zero-order chi connectivity index (χ0) is 10.3. The molecule has 0 saturated heterocycles. The maximum absolute atomic E-state index is 5.94. The van der Waals surface area contributed by atoms with E-state index in [0.29, 0.717) is 11.5 Å². The van der Waals surface area contributed by atoms with Crippen molar-refractivity contribution in [3.63, 3.8) is 0 Å². The Balaban J connectivity index is 2.35. The van der Waals surface area contributed by atoms with Crippen LogP contribution in [0.4, 0.5) is 5.82 Å². The molecule has 1 unspecified atom stereocenters. The van der Waals surface area contributed by atoms with Gasteiger partial charge in [0.1, 0.15) is 5.82 Å². The molecule has 78 valence electrons. The first kappa shape index (κ1) is 9.56. The van der Waals surface area contributed by atoms with Gasteiger partial charge in [0.25, 0.3) is 0 Å². The number of hydrogen-bond acceptors (Lipinski definition) is 2. The molecule has 1 heterocycles. The fourth-order valence-corrected chi connectivity index (χ4v) is 2.55. The molecule has 2 rings (SSSR count). The second-order valence-corrected chi connectivity index (χ2v) is 5.05. The van der Waals surface area contributed by atoms with Gasteiger partial charge in [0, 0.05) is 6.07 Å². The molecule has 1 fully saturated rings. The summed E-state index contributed by atoms with van der Waals surface area (Å²) in [5.41, 5.74) is 7.30. The predicted octanol–water partition coefficient (Wildman–Crippen LogP) is 2.52. The summed E-state index contributed by atoms with van der Waals surface area (Å²) >= 11 is 0. The van der Waals surface area contributed by atoms with Crippen LogP contribution in [0.5, 0.6) is 0 Å². The van der Waals surface area contributed by atoms with E-state index in [9.17, 15) is 0 Å². The van der Waals surface area contributed by atoms with Crippen molar-refractivity contribution in [3.05, 3.63) is 11.8 Å². The van der Waals surface area contributed by atoms with Crippen molar-refractivity contribution in [1.29, 1.82) is 0 Å². The standard InChI is InChI=1S/C11H19N3/c1-8-7-10(12)14(13-8)9-5-4-6-11(9,2)3/h7,9H,4-6,12H2,1-3H3. The molecule has 0 aromatic carbocycles. The van der Waals surface area contributed by atoms with Crippen molar-refractivity contribution < 1.29 is 0 Å². The van der Waals surface area contributed by atoms with E-state index >= 15 is 0 Å². The molecule has 3 heteroatoms. The number of aromatic nitrogens is 2. The minimum Gasteiger partial charge on any atom is -0.384 e. The van der Waals surface area contributed by atoms with E-state index in [-0.39, 0.29) is 0 Å². The third-order valence-electron chi connectivity index (χ3n) is 3.38. The molecule has 2 N–H and O–H groups in total. The van der Waals surface area contributed by atoms with Crippen molar-refractivity contribution in [1.82, 2.24) is 9.78 Å². The molecule has 14 heavy (non-hydrogen) atoms. The van der Waals surface area contributed by atoms with Crippen LogP contribution < -0.4 is 5.73 Å². The molecule has 3 nitrogen and oxygen atoms in total. The molecular formula is C11H19N3. The molecule has 0 spiro atoms. The molecule has 0 radical (unpaired) electrons. The summed E-state index contributed by atoms with van der Waals surface area (Å²) < 4.78 is 2.02. The number of hydrogen-bond donors (Lipinski definition) is 1. The lowest BCUT2D eigenvalue weighted by Gasteiger charge is -2.27. The van der Waals surface area contributed by atoms with Crippen LogP contribution in [0.2, 0.25) is 0 Å². The van der Waals surface area contributed by atoms with Crippen LogP contribution in [0.1, 0.15) is 44.8 Å². The lowest BCUT2D eigenvalue weighted by Crippen LogP contribution is -2.23. The number of anilines is 1. The quantitative estimate of drug-likeness (QED) is 0.744. The van der Waals surface area contributed by atoms with Gasteiger partial charge >= 0.3 is 0 Å². The Hall–Kier alpha value is -0.990. The van der Waals surface area contributed by atoms with Gasteiger partial charge < -0.3 is 5.73 Å². The highest BCUT2D eigenvalue weighted by atomic mass is 15.3. The Morgan fingerprint density at radius 3 is 2.71 bits per heavy atom. The average Bonchev–Trinajstić information content (AvgIpc) is 2.54. The van der Waals surface area contributed by atoms with E-state index in [1.54, 1.807) is 0 Å². The Morgan fingerprint density at radius 2 is 2.29 bits per heavy atom. The molecule has 1 atom stereocenters. The summed E-state index contributed by atoms with van der Waals surface area (Å²) in [6, 6.07) is 2.44. The summed E-state index contributed by atoms with van der Waals surface area (Å²) in [5.74, 6) is 0.808. The second-order valence-electron chi connectivity index (χ2n) is 5.05. The van der Waals surface area contributed by atoms with E-state index in [4.69, 9.17) is 5.73 Å². The van der Waals surface area contributed by atoms with E-state index in [1.165, 1.54) is 19.3 Å².